The van der Waals surface area contributed by atoms with Crippen LogP contribution in [0.15, 0.2) is 77.7 Å². The van der Waals surface area contributed by atoms with Crippen LogP contribution in [0.1, 0.15) is 51.0 Å². The highest BCUT2D eigenvalue weighted by Gasteiger charge is 2.34. The van der Waals surface area contributed by atoms with E-state index in [1.54, 1.807) is 54.6 Å². The molecule has 4 rings (SSSR count). The van der Waals surface area contributed by atoms with E-state index >= 15 is 0 Å². The van der Waals surface area contributed by atoms with Crippen LogP contribution in [0.2, 0.25) is 15.1 Å². The number of hydrogen-bond donors (Lipinski definition) is 1. The molecular formula is C31H34Cl3N3O4S. The number of rotatable bonds is 11. The minimum absolute atomic E-state index is 0.0137. The zero-order chi connectivity index (χ0) is 30.3. The average Bonchev–Trinajstić information content (AvgIpc) is 2.97. The maximum atomic E-state index is 14.2. The van der Waals surface area contributed by atoms with E-state index < -0.39 is 28.5 Å². The summed E-state index contributed by atoms with van der Waals surface area (Å²) in [6.07, 6.45) is 5.30. The van der Waals surface area contributed by atoms with Crippen LogP contribution in [0.4, 0.5) is 5.69 Å². The Morgan fingerprint density at radius 3 is 2.24 bits per heavy atom. The van der Waals surface area contributed by atoms with E-state index in [1.807, 2.05) is 6.92 Å². The Morgan fingerprint density at radius 1 is 0.905 bits per heavy atom. The lowest BCUT2D eigenvalue weighted by Gasteiger charge is -2.34. The Bertz CT molecular complexity index is 1500. The molecule has 0 aromatic heterocycles. The van der Waals surface area contributed by atoms with Crippen molar-refractivity contribution in [3.05, 3.63) is 93.4 Å². The second-order valence-electron chi connectivity index (χ2n) is 10.3. The van der Waals surface area contributed by atoms with Crippen molar-refractivity contribution in [1.29, 1.82) is 0 Å². The maximum absolute atomic E-state index is 14.2. The summed E-state index contributed by atoms with van der Waals surface area (Å²) in [5.41, 5.74) is 0.808. The van der Waals surface area contributed by atoms with Crippen molar-refractivity contribution in [2.45, 2.75) is 69.0 Å². The van der Waals surface area contributed by atoms with E-state index in [-0.39, 0.29) is 29.1 Å². The minimum Gasteiger partial charge on any atom is -0.352 e. The summed E-state index contributed by atoms with van der Waals surface area (Å²) in [7, 11) is -4.18. The van der Waals surface area contributed by atoms with Crippen LogP contribution in [-0.2, 0) is 26.2 Å². The zero-order valence-corrected chi connectivity index (χ0v) is 26.4. The predicted octanol–water partition coefficient (Wildman–Crippen LogP) is 7.10. The number of benzene rings is 3. The third-order valence-electron chi connectivity index (χ3n) is 7.40. The van der Waals surface area contributed by atoms with Crippen LogP contribution >= 0.6 is 34.8 Å². The van der Waals surface area contributed by atoms with Crippen molar-refractivity contribution in [1.82, 2.24) is 10.2 Å². The highest BCUT2D eigenvalue weighted by Crippen LogP contribution is 2.28. The van der Waals surface area contributed by atoms with Gasteiger partial charge >= 0.3 is 0 Å². The fraction of sp³-hybridized carbons (Fsp3) is 0.355. The van der Waals surface area contributed by atoms with Crippen molar-refractivity contribution in [2.24, 2.45) is 0 Å². The second kappa shape index (κ2) is 14.6. The smallest absolute Gasteiger partial charge is 0.264 e. The summed E-state index contributed by atoms with van der Waals surface area (Å²) < 4.78 is 28.8. The van der Waals surface area contributed by atoms with Gasteiger partial charge in [0.2, 0.25) is 11.8 Å². The highest BCUT2D eigenvalue weighted by molar-refractivity contribution is 7.92. The molecule has 1 aliphatic rings. The lowest BCUT2D eigenvalue weighted by molar-refractivity contribution is -0.140. The summed E-state index contributed by atoms with van der Waals surface area (Å²) >= 11 is 18.8. The van der Waals surface area contributed by atoms with Gasteiger partial charge in [0.1, 0.15) is 12.6 Å². The monoisotopic (exact) mass is 649 g/mol. The molecule has 0 radical (unpaired) electrons. The molecule has 0 saturated heterocycles. The number of nitrogens with zero attached hydrogens (tertiary/aromatic N) is 2. The predicted molar refractivity (Wildman–Crippen MR) is 169 cm³/mol. The van der Waals surface area contributed by atoms with Crippen LogP contribution in [0, 0.1) is 0 Å². The molecule has 0 spiro atoms. The maximum Gasteiger partial charge on any atom is 0.264 e. The van der Waals surface area contributed by atoms with Gasteiger partial charge in [-0.25, -0.2) is 8.42 Å². The van der Waals surface area contributed by atoms with Crippen LogP contribution in [0.5, 0.6) is 0 Å². The molecule has 0 heterocycles. The molecular weight excluding hydrogens is 617 g/mol. The molecule has 224 valence electrons. The van der Waals surface area contributed by atoms with Gasteiger partial charge in [-0.05, 0) is 67.3 Å². The number of carbonyl (C=O) groups excluding carboxylic acids is 2. The number of carbonyl (C=O) groups is 2. The van der Waals surface area contributed by atoms with Crippen molar-refractivity contribution < 1.29 is 18.0 Å². The van der Waals surface area contributed by atoms with Gasteiger partial charge in [-0.1, -0.05) is 91.3 Å². The number of amides is 2. The first-order valence-corrected chi connectivity index (χ1v) is 16.5. The van der Waals surface area contributed by atoms with Crippen LogP contribution < -0.4 is 9.62 Å². The van der Waals surface area contributed by atoms with E-state index in [2.05, 4.69) is 5.32 Å². The standard InChI is InChI=1S/C31H34Cl3N3O4S/c1-2-29(31(39)35-25-11-5-3-6-12-25)36(20-22-16-17-24(33)19-28(22)34)30(38)21-37(26-13-9-10-23(32)18-26)42(40,41)27-14-7-4-8-15-27/h4,7-10,13-19,25,29H,2-3,5-6,11-12,20-21H2,1H3,(H,35,39)/t29-/m0/s1. The molecule has 0 bridgehead atoms. The first-order chi connectivity index (χ1) is 20.1. The van der Waals surface area contributed by atoms with Gasteiger partial charge in [0.15, 0.2) is 0 Å². The highest BCUT2D eigenvalue weighted by atomic mass is 35.5. The molecule has 1 fully saturated rings. The Morgan fingerprint density at radius 2 is 1.60 bits per heavy atom. The van der Waals surface area contributed by atoms with Crippen molar-refractivity contribution in [3.8, 4) is 0 Å². The van der Waals surface area contributed by atoms with Gasteiger partial charge in [-0.15, -0.1) is 0 Å². The molecule has 0 unspecified atom stereocenters. The fourth-order valence-electron chi connectivity index (χ4n) is 5.18. The van der Waals surface area contributed by atoms with Gasteiger partial charge in [0.05, 0.1) is 10.6 Å². The topological polar surface area (TPSA) is 86.8 Å². The SMILES string of the molecule is CC[C@@H](C(=O)NC1CCCCC1)N(Cc1ccc(Cl)cc1Cl)C(=O)CN(c1cccc(Cl)c1)S(=O)(=O)c1ccccc1. The number of sulfonamides is 1. The largest absolute Gasteiger partial charge is 0.352 e. The van der Waals surface area contributed by atoms with Crippen LogP contribution in [-0.4, -0.2) is 43.8 Å². The van der Waals surface area contributed by atoms with E-state index in [1.165, 1.54) is 23.1 Å². The number of anilines is 1. The van der Waals surface area contributed by atoms with Crippen molar-refractivity contribution in [3.63, 3.8) is 0 Å². The summed E-state index contributed by atoms with van der Waals surface area (Å²) in [6.45, 7) is 1.25. The van der Waals surface area contributed by atoms with Gasteiger partial charge in [0, 0.05) is 27.7 Å². The van der Waals surface area contributed by atoms with Gasteiger partial charge in [-0.2, -0.15) is 0 Å². The molecule has 3 aromatic rings. The Hall–Kier alpha value is -2.78. The molecule has 2 amide bonds. The summed E-state index contributed by atoms with van der Waals surface area (Å²) in [6, 6.07) is 18.3. The number of nitrogens with one attached hydrogen (secondary N) is 1. The minimum atomic E-state index is -4.18. The average molecular weight is 651 g/mol. The molecule has 1 N–H and O–H groups in total. The molecule has 11 heteroatoms. The van der Waals surface area contributed by atoms with E-state index in [9.17, 15) is 18.0 Å². The van der Waals surface area contributed by atoms with E-state index in [4.69, 9.17) is 34.8 Å². The molecule has 3 aromatic carbocycles. The van der Waals surface area contributed by atoms with Gasteiger partial charge in [0.25, 0.3) is 10.0 Å². The summed E-state index contributed by atoms with van der Waals surface area (Å²) in [5.74, 6) is -0.839. The third kappa shape index (κ3) is 7.98. The van der Waals surface area contributed by atoms with Crippen LogP contribution in [0.25, 0.3) is 0 Å². The molecule has 42 heavy (non-hydrogen) atoms. The fourth-order valence-corrected chi connectivity index (χ4v) is 7.26. The Labute approximate surface area is 262 Å². The second-order valence-corrected chi connectivity index (χ2v) is 13.5. The molecule has 1 saturated carbocycles. The molecule has 7 nitrogen and oxygen atoms in total. The third-order valence-corrected chi connectivity index (χ3v) is 10.0. The Kier molecular flexibility index (Phi) is 11.2. The van der Waals surface area contributed by atoms with Gasteiger partial charge < -0.3 is 10.2 Å². The number of hydrogen-bond acceptors (Lipinski definition) is 4. The normalized spacial score (nSPS) is 14.7. The van der Waals surface area contributed by atoms with Gasteiger partial charge in [-0.3, -0.25) is 13.9 Å². The van der Waals surface area contributed by atoms with Crippen molar-refractivity contribution >= 4 is 62.3 Å². The quantitative estimate of drug-likeness (QED) is 0.240. The first kappa shape index (κ1) is 32.1. The Balaban J connectivity index is 1.72. The summed E-state index contributed by atoms with van der Waals surface area (Å²) in [5, 5.41) is 4.22. The van der Waals surface area contributed by atoms with Crippen molar-refractivity contribution in [2.75, 3.05) is 10.8 Å². The van der Waals surface area contributed by atoms with Crippen LogP contribution in [0.3, 0.4) is 0 Å². The molecule has 0 aliphatic heterocycles. The molecule has 1 atom stereocenters. The lowest BCUT2D eigenvalue weighted by Crippen LogP contribution is -2.54. The van der Waals surface area contributed by atoms with E-state index in [0.717, 1.165) is 36.4 Å². The summed E-state index contributed by atoms with van der Waals surface area (Å²) in [4.78, 5) is 29.3. The lowest BCUT2D eigenvalue weighted by atomic mass is 9.95. The number of halogens is 3. The van der Waals surface area contributed by atoms with E-state index in [0.29, 0.717) is 27.1 Å². The zero-order valence-electron chi connectivity index (χ0n) is 23.3. The first-order valence-electron chi connectivity index (χ1n) is 14.0. The molecule has 1 aliphatic carbocycles.